The molecule has 0 spiro atoms. The molecule has 2 aliphatic carbocycles. The molecule has 7 heteroatoms. The Morgan fingerprint density at radius 2 is 2.03 bits per heavy atom. The first-order valence-corrected chi connectivity index (χ1v) is 11.3. The Morgan fingerprint density at radius 1 is 1.26 bits per heavy atom. The van der Waals surface area contributed by atoms with E-state index in [4.69, 9.17) is 32.7 Å². The van der Waals surface area contributed by atoms with Gasteiger partial charge in [0.05, 0.1) is 18.3 Å². The van der Waals surface area contributed by atoms with Crippen molar-refractivity contribution in [2.75, 3.05) is 7.11 Å². The van der Waals surface area contributed by atoms with Gasteiger partial charge in [-0.05, 0) is 59.6 Å². The van der Waals surface area contributed by atoms with Gasteiger partial charge in [-0.15, -0.1) is 0 Å². The van der Waals surface area contributed by atoms with Gasteiger partial charge in [0, 0.05) is 10.9 Å². The van der Waals surface area contributed by atoms with Crippen LogP contribution in [0, 0.1) is 17.3 Å². The fourth-order valence-corrected chi connectivity index (χ4v) is 5.18. The molecule has 0 bridgehead atoms. The molecule has 4 rings (SSSR count). The minimum Gasteiger partial charge on any atom is -0.493 e. The summed E-state index contributed by atoms with van der Waals surface area (Å²) in [4.78, 5) is 12.5. The standard InChI is InChI=1S/C24H26Cl2N2O3/c1-24-10-4-3-5-18(24)21(24)23(29)28-27-13-16-11-19(26)22(20(12-16)30-2)31-14-15-6-8-17(25)9-7-15/h6-9,11-13,18,21H,3-5,10,14H2,1-2H3,(H,28,29)/b27-13-/t18-,21-,24-/m0/s1. The van der Waals surface area contributed by atoms with Crippen molar-refractivity contribution in [2.24, 2.45) is 22.4 Å². The number of nitrogens with one attached hydrogen (secondary N) is 1. The first-order chi connectivity index (χ1) is 14.9. The van der Waals surface area contributed by atoms with Crippen LogP contribution in [0.15, 0.2) is 41.5 Å². The quantitative estimate of drug-likeness (QED) is 0.415. The zero-order chi connectivity index (χ0) is 22.0. The van der Waals surface area contributed by atoms with E-state index in [0.717, 1.165) is 18.4 Å². The fraction of sp³-hybridized carbons (Fsp3) is 0.417. The van der Waals surface area contributed by atoms with Crippen molar-refractivity contribution in [3.8, 4) is 11.5 Å². The number of hydrogen-bond donors (Lipinski definition) is 1. The van der Waals surface area contributed by atoms with Crippen LogP contribution in [0.25, 0.3) is 0 Å². The topological polar surface area (TPSA) is 59.9 Å². The molecule has 2 aliphatic rings. The van der Waals surface area contributed by atoms with Crippen molar-refractivity contribution >= 4 is 35.3 Å². The van der Waals surface area contributed by atoms with Gasteiger partial charge in [-0.25, -0.2) is 5.43 Å². The Bertz CT molecular complexity index is 993. The highest BCUT2D eigenvalue weighted by Gasteiger charge is 2.64. The maximum Gasteiger partial charge on any atom is 0.244 e. The Labute approximate surface area is 192 Å². The van der Waals surface area contributed by atoms with E-state index < -0.39 is 0 Å². The summed E-state index contributed by atoms with van der Waals surface area (Å²) >= 11 is 12.4. The summed E-state index contributed by atoms with van der Waals surface area (Å²) in [5, 5.41) is 5.22. The van der Waals surface area contributed by atoms with Crippen molar-refractivity contribution in [1.82, 2.24) is 5.43 Å². The van der Waals surface area contributed by atoms with Gasteiger partial charge >= 0.3 is 0 Å². The highest BCUT2D eigenvalue weighted by atomic mass is 35.5. The smallest absolute Gasteiger partial charge is 0.244 e. The van der Waals surface area contributed by atoms with Crippen LogP contribution >= 0.6 is 23.2 Å². The van der Waals surface area contributed by atoms with Crippen molar-refractivity contribution in [3.63, 3.8) is 0 Å². The molecule has 2 aromatic rings. The van der Waals surface area contributed by atoms with E-state index in [2.05, 4.69) is 17.5 Å². The molecule has 0 heterocycles. The van der Waals surface area contributed by atoms with Gasteiger partial charge in [-0.1, -0.05) is 55.1 Å². The second-order valence-electron chi connectivity index (χ2n) is 8.52. The number of rotatable bonds is 7. The maximum atomic E-state index is 12.5. The molecule has 2 fully saturated rings. The molecule has 0 unspecified atom stereocenters. The van der Waals surface area contributed by atoms with E-state index in [9.17, 15) is 4.79 Å². The number of nitrogens with zero attached hydrogens (tertiary/aromatic N) is 1. The predicted molar refractivity (Wildman–Crippen MR) is 123 cm³/mol. The van der Waals surface area contributed by atoms with E-state index in [1.54, 1.807) is 25.5 Å². The number of benzene rings is 2. The first-order valence-electron chi connectivity index (χ1n) is 10.5. The zero-order valence-corrected chi connectivity index (χ0v) is 19.2. The van der Waals surface area contributed by atoms with Gasteiger partial charge in [-0.3, -0.25) is 4.79 Å². The summed E-state index contributed by atoms with van der Waals surface area (Å²) in [6.07, 6.45) is 6.28. The monoisotopic (exact) mass is 460 g/mol. The lowest BCUT2D eigenvalue weighted by Gasteiger charge is -2.15. The summed E-state index contributed by atoms with van der Waals surface area (Å²) in [6.45, 7) is 2.55. The van der Waals surface area contributed by atoms with Crippen molar-refractivity contribution < 1.29 is 14.3 Å². The lowest BCUT2D eigenvalue weighted by Crippen LogP contribution is -2.22. The highest BCUT2D eigenvalue weighted by Crippen LogP contribution is 2.66. The average molecular weight is 461 g/mol. The van der Waals surface area contributed by atoms with E-state index >= 15 is 0 Å². The number of fused-ring (bicyclic) bond motifs is 1. The molecule has 0 saturated heterocycles. The third kappa shape index (κ3) is 4.68. The predicted octanol–water partition coefficient (Wildman–Crippen LogP) is 5.86. The molecule has 0 radical (unpaired) electrons. The molecule has 1 amide bonds. The van der Waals surface area contributed by atoms with E-state index in [-0.39, 0.29) is 17.2 Å². The molecule has 1 N–H and O–H groups in total. The van der Waals surface area contributed by atoms with Gasteiger partial charge in [0.2, 0.25) is 5.91 Å². The molecule has 31 heavy (non-hydrogen) atoms. The van der Waals surface area contributed by atoms with Crippen LogP contribution in [-0.4, -0.2) is 19.2 Å². The SMILES string of the molecule is COc1cc(/C=N\NC(=O)[C@@H]2[C@@H]3CCCC[C@]23C)cc(Cl)c1OCc1ccc(Cl)cc1. The Kier molecular flexibility index (Phi) is 6.44. The third-order valence-electron chi connectivity index (χ3n) is 6.55. The molecular formula is C24H26Cl2N2O3. The number of carbonyl (C=O) groups excluding carboxylic acids is 1. The van der Waals surface area contributed by atoms with Gasteiger partial charge in [-0.2, -0.15) is 5.10 Å². The van der Waals surface area contributed by atoms with Crippen LogP contribution < -0.4 is 14.9 Å². The minimum atomic E-state index is 0.00614. The lowest BCUT2D eigenvalue weighted by atomic mass is 9.90. The van der Waals surface area contributed by atoms with Gasteiger partial charge in [0.1, 0.15) is 6.61 Å². The summed E-state index contributed by atoms with van der Waals surface area (Å²) < 4.78 is 11.3. The number of ether oxygens (including phenoxy) is 2. The summed E-state index contributed by atoms with van der Waals surface area (Å²) in [5.41, 5.74) is 4.53. The molecule has 3 atom stereocenters. The summed E-state index contributed by atoms with van der Waals surface area (Å²) in [5.74, 6) is 1.54. The van der Waals surface area contributed by atoms with Crippen molar-refractivity contribution in [2.45, 2.75) is 39.2 Å². The Morgan fingerprint density at radius 3 is 2.71 bits per heavy atom. The maximum absolute atomic E-state index is 12.5. The van der Waals surface area contributed by atoms with Crippen molar-refractivity contribution in [1.29, 1.82) is 0 Å². The van der Waals surface area contributed by atoms with E-state index in [0.29, 0.717) is 39.6 Å². The largest absolute Gasteiger partial charge is 0.493 e. The first kappa shape index (κ1) is 22.0. The average Bonchev–Trinajstić information content (AvgIpc) is 3.39. The van der Waals surface area contributed by atoms with Gasteiger partial charge < -0.3 is 9.47 Å². The zero-order valence-electron chi connectivity index (χ0n) is 17.7. The number of amides is 1. The molecule has 0 aromatic heterocycles. The van der Waals surface area contributed by atoms with Crippen LogP contribution in [0.1, 0.15) is 43.7 Å². The fourth-order valence-electron chi connectivity index (χ4n) is 4.78. The van der Waals surface area contributed by atoms with Crippen LogP contribution in [0.3, 0.4) is 0 Å². The van der Waals surface area contributed by atoms with Gasteiger partial charge in [0.15, 0.2) is 11.5 Å². The van der Waals surface area contributed by atoms with E-state index in [1.165, 1.54) is 12.8 Å². The number of hydrazone groups is 1. The van der Waals surface area contributed by atoms with Crippen LogP contribution in [0.4, 0.5) is 0 Å². The molecule has 164 valence electrons. The minimum absolute atomic E-state index is 0.00614. The molecule has 0 aliphatic heterocycles. The molecule has 5 nitrogen and oxygen atoms in total. The van der Waals surface area contributed by atoms with Crippen LogP contribution in [0.5, 0.6) is 11.5 Å². The number of carbonyl (C=O) groups is 1. The lowest BCUT2D eigenvalue weighted by molar-refractivity contribution is -0.123. The number of halogens is 2. The molecule has 2 saturated carbocycles. The second kappa shape index (κ2) is 9.09. The molecular weight excluding hydrogens is 435 g/mol. The van der Waals surface area contributed by atoms with Gasteiger partial charge in [0.25, 0.3) is 0 Å². The number of hydrogen-bond acceptors (Lipinski definition) is 4. The molecule has 2 aromatic carbocycles. The van der Waals surface area contributed by atoms with Crippen molar-refractivity contribution in [3.05, 3.63) is 57.6 Å². The highest BCUT2D eigenvalue weighted by molar-refractivity contribution is 6.32. The number of methoxy groups -OCH3 is 1. The Hall–Kier alpha value is -2.24. The normalized spacial score (nSPS) is 24.5. The Balaban J connectivity index is 1.39. The van der Waals surface area contributed by atoms with Crippen LogP contribution in [0.2, 0.25) is 10.0 Å². The van der Waals surface area contributed by atoms with Crippen LogP contribution in [-0.2, 0) is 11.4 Å². The second-order valence-corrected chi connectivity index (χ2v) is 9.36. The summed E-state index contributed by atoms with van der Waals surface area (Å²) in [6, 6.07) is 10.9. The third-order valence-corrected chi connectivity index (χ3v) is 7.08. The van der Waals surface area contributed by atoms with E-state index in [1.807, 2.05) is 24.3 Å². The summed E-state index contributed by atoms with van der Waals surface area (Å²) in [7, 11) is 1.55.